The Morgan fingerprint density at radius 1 is 0.875 bits per heavy atom. The molecule has 1 aliphatic rings. The van der Waals surface area contributed by atoms with E-state index in [1.165, 1.54) is 4.68 Å². The van der Waals surface area contributed by atoms with Crippen molar-refractivity contribution in [1.29, 1.82) is 0 Å². The molecule has 10 heteroatoms. The fraction of sp³-hybridized carbons (Fsp3) is 0.0667. The number of hydrogen-bond acceptors (Lipinski definition) is 6. The van der Waals surface area contributed by atoms with Gasteiger partial charge in [0.25, 0.3) is 11.5 Å². The second kappa shape index (κ2) is 9.91. The van der Waals surface area contributed by atoms with Crippen LogP contribution in [-0.4, -0.2) is 42.4 Å². The number of nitrogens with zero attached hydrogens (tertiary/aromatic N) is 5. The number of hydrogen-bond donors (Lipinski definition) is 2. The van der Waals surface area contributed by atoms with Gasteiger partial charge >= 0.3 is 5.91 Å². The van der Waals surface area contributed by atoms with Crippen LogP contribution in [0.25, 0.3) is 22.8 Å². The molecule has 0 spiro atoms. The van der Waals surface area contributed by atoms with Gasteiger partial charge in [-0.25, -0.2) is 14.7 Å². The van der Waals surface area contributed by atoms with Crippen LogP contribution < -0.4 is 11.0 Å². The minimum absolute atomic E-state index is 0.125. The predicted molar refractivity (Wildman–Crippen MR) is 151 cm³/mol. The number of H-pyrrole nitrogens is 1. The topological polar surface area (TPSA) is 125 Å². The highest BCUT2D eigenvalue weighted by Crippen LogP contribution is 2.20. The van der Waals surface area contributed by atoms with Crippen LogP contribution >= 0.6 is 0 Å². The first-order valence-electron chi connectivity index (χ1n) is 12.5. The third-order valence-electron chi connectivity index (χ3n) is 6.42. The van der Waals surface area contributed by atoms with Crippen LogP contribution in [0, 0.1) is 13.8 Å². The van der Waals surface area contributed by atoms with Gasteiger partial charge in [0.15, 0.2) is 11.5 Å². The third-order valence-corrected chi connectivity index (χ3v) is 6.42. The van der Waals surface area contributed by atoms with E-state index in [0.29, 0.717) is 16.9 Å². The molecule has 10 nitrogen and oxygen atoms in total. The van der Waals surface area contributed by atoms with Crippen molar-refractivity contribution in [3.05, 3.63) is 129 Å². The van der Waals surface area contributed by atoms with Crippen LogP contribution in [0.2, 0.25) is 0 Å². The molecule has 0 bridgehead atoms. The van der Waals surface area contributed by atoms with Crippen molar-refractivity contribution in [2.24, 2.45) is 4.99 Å². The van der Waals surface area contributed by atoms with E-state index in [9.17, 15) is 14.4 Å². The highest BCUT2D eigenvalue weighted by Gasteiger charge is 2.32. The lowest BCUT2D eigenvalue weighted by atomic mass is 10.1. The van der Waals surface area contributed by atoms with E-state index in [4.69, 9.17) is 0 Å². The molecule has 2 N–H and O–H groups in total. The largest absolute Gasteiger partial charge is 0.314 e. The quantitative estimate of drug-likeness (QED) is 0.344. The maximum Gasteiger partial charge on any atom is 0.314 e. The summed E-state index contributed by atoms with van der Waals surface area (Å²) in [4.78, 5) is 51.7. The Hall–Kier alpha value is -5.64. The number of rotatable bonds is 4. The Morgan fingerprint density at radius 2 is 1.55 bits per heavy atom. The van der Waals surface area contributed by atoms with Crippen LogP contribution in [0.15, 0.2) is 100 Å². The molecule has 196 valence electrons. The molecule has 6 rings (SSSR count). The molecule has 0 fully saturated rings. The second-order valence-electron chi connectivity index (χ2n) is 9.27. The number of amidine groups is 1. The van der Waals surface area contributed by atoms with Gasteiger partial charge in [-0.15, -0.1) is 0 Å². The summed E-state index contributed by atoms with van der Waals surface area (Å²) in [5, 5.41) is 5.75. The number of hydrazine groups is 1. The lowest BCUT2D eigenvalue weighted by molar-refractivity contribution is -0.120. The van der Waals surface area contributed by atoms with Crippen molar-refractivity contribution in [3.8, 4) is 5.69 Å². The number of fused-ring (bicyclic) bond motifs is 1. The number of aromatic nitrogens is 4. The minimum Gasteiger partial charge on any atom is -0.302 e. The molecule has 0 unspecified atom stereocenters. The van der Waals surface area contributed by atoms with Crippen LogP contribution in [0.5, 0.6) is 0 Å². The van der Waals surface area contributed by atoms with Gasteiger partial charge in [0.05, 0.1) is 11.4 Å². The van der Waals surface area contributed by atoms with Crippen molar-refractivity contribution < 1.29 is 9.59 Å². The van der Waals surface area contributed by atoms with Crippen molar-refractivity contribution in [3.63, 3.8) is 0 Å². The normalized spacial score (nSPS) is 14.3. The average molecular weight is 530 g/mol. The highest BCUT2D eigenvalue weighted by atomic mass is 16.2. The number of carbonyl (C=O) groups is 2. The smallest absolute Gasteiger partial charge is 0.302 e. The molecule has 1 aliphatic heterocycles. The number of amides is 2. The fourth-order valence-electron chi connectivity index (χ4n) is 4.42. The molecule has 0 saturated heterocycles. The molecule has 3 heterocycles. The number of benzene rings is 3. The molecule has 0 saturated carbocycles. The van der Waals surface area contributed by atoms with E-state index >= 15 is 0 Å². The lowest BCUT2D eigenvalue weighted by Gasteiger charge is -2.28. The Labute approximate surface area is 228 Å². The summed E-state index contributed by atoms with van der Waals surface area (Å²) in [5.41, 5.74) is 5.99. The number of aliphatic imine (C=N–C) groups is 1. The summed E-state index contributed by atoms with van der Waals surface area (Å²) in [5.74, 6) is -1.43. The summed E-state index contributed by atoms with van der Waals surface area (Å²) in [7, 11) is 0. The number of aryl methyl sites for hydroxylation is 2. The van der Waals surface area contributed by atoms with Crippen molar-refractivity contribution in [2.75, 3.05) is 0 Å². The molecule has 0 atom stereocenters. The molecule has 0 radical (unpaired) electrons. The predicted octanol–water partition coefficient (Wildman–Crippen LogP) is 3.70. The Balaban J connectivity index is 1.48. The Kier molecular flexibility index (Phi) is 6.12. The van der Waals surface area contributed by atoms with Gasteiger partial charge in [-0.3, -0.25) is 19.8 Å². The molecule has 2 aromatic heterocycles. The van der Waals surface area contributed by atoms with Gasteiger partial charge in [-0.2, -0.15) is 10.1 Å². The van der Waals surface area contributed by atoms with E-state index in [-0.39, 0.29) is 28.4 Å². The van der Waals surface area contributed by atoms with Gasteiger partial charge in [0, 0.05) is 5.56 Å². The zero-order chi connectivity index (χ0) is 27.8. The average Bonchev–Trinajstić information content (AvgIpc) is 3.31. The summed E-state index contributed by atoms with van der Waals surface area (Å²) in [6, 6.07) is 25.8. The number of para-hydroxylation sites is 1. The molecule has 0 aliphatic carbocycles. The molecule has 3 aromatic carbocycles. The van der Waals surface area contributed by atoms with Gasteiger partial charge < -0.3 is 4.98 Å². The van der Waals surface area contributed by atoms with E-state index in [2.05, 4.69) is 25.5 Å². The number of carbonyl (C=O) groups excluding carboxylic acids is 2. The molecule has 2 amide bonds. The van der Waals surface area contributed by atoms with E-state index in [0.717, 1.165) is 16.1 Å². The van der Waals surface area contributed by atoms with Crippen LogP contribution in [0.4, 0.5) is 0 Å². The monoisotopic (exact) mass is 529 g/mol. The SMILES string of the molecule is Cc1ccc(C2=N/C(=C\c3ccccc3)C(=O)NN2C(=O)c2nc3c(c(C)nn3-c3ccccc3)c(=O)[nH]2)cc1. The van der Waals surface area contributed by atoms with E-state index in [1.807, 2.05) is 79.7 Å². The highest BCUT2D eigenvalue weighted by molar-refractivity contribution is 6.17. The fourth-order valence-corrected chi connectivity index (χ4v) is 4.42. The Bertz CT molecular complexity index is 1890. The minimum atomic E-state index is -0.760. The first-order valence-corrected chi connectivity index (χ1v) is 12.5. The standard InChI is InChI=1S/C30H23N7O3/c1-18-13-15-21(16-14-18)26-31-23(17-20-9-5-3-6-10-20)28(38)35-37(26)30(40)25-32-27-24(29(39)33-25)19(2)34-36(27)22-11-7-4-8-12-22/h3-17H,1-2H3,(H,35,38)(H,32,33,39)/b23-17-. The van der Waals surface area contributed by atoms with E-state index in [1.54, 1.807) is 25.1 Å². The summed E-state index contributed by atoms with van der Waals surface area (Å²) >= 11 is 0. The second-order valence-corrected chi connectivity index (χ2v) is 9.27. The van der Waals surface area contributed by atoms with Crippen LogP contribution in [0.3, 0.4) is 0 Å². The maximum atomic E-state index is 13.9. The summed E-state index contributed by atoms with van der Waals surface area (Å²) in [6.45, 7) is 3.65. The van der Waals surface area contributed by atoms with Crippen LogP contribution in [-0.2, 0) is 4.79 Å². The Morgan fingerprint density at radius 3 is 2.25 bits per heavy atom. The molecular weight excluding hydrogens is 506 g/mol. The molecule has 40 heavy (non-hydrogen) atoms. The molecule has 5 aromatic rings. The van der Waals surface area contributed by atoms with Crippen molar-refractivity contribution in [2.45, 2.75) is 13.8 Å². The zero-order valence-corrected chi connectivity index (χ0v) is 21.6. The van der Waals surface area contributed by atoms with Gasteiger partial charge in [0.2, 0.25) is 5.82 Å². The summed E-state index contributed by atoms with van der Waals surface area (Å²) < 4.78 is 1.52. The zero-order valence-electron chi connectivity index (χ0n) is 21.6. The van der Waals surface area contributed by atoms with Gasteiger partial charge in [-0.1, -0.05) is 78.4 Å². The lowest BCUT2D eigenvalue weighted by Crippen LogP contribution is -2.54. The maximum absolute atomic E-state index is 13.9. The van der Waals surface area contributed by atoms with Gasteiger partial charge in [0.1, 0.15) is 11.1 Å². The van der Waals surface area contributed by atoms with Crippen molar-refractivity contribution in [1.82, 2.24) is 30.2 Å². The van der Waals surface area contributed by atoms with Gasteiger partial charge in [-0.05, 0) is 37.6 Å². The van der Waals surface area contributed by atoms with Crippen LogP contribution in [0.1, 0.15) is 33.0 Å². The number of aromatic amines is 1. The molecular formula is C30H23N7O3. The van der Waals surface area contributed by atoms with E-state index < -0.39 is 17.4 Å². The first-order chi connectivity index (χ1) is 19.4. The third kappa shape index (κ3) is 4.47. The van der Waals surface area contributed by atoms with Crippen molar-refractivity contribution >= 4 is 34.8 Å². The summed E-state index contributed by atoms with van der Waals surface area (Å²) in [6.07, 6.45) is 1.64. The number of nitrogens with one attached hydrogen (secondary N) is 2. The first kappa shape index (κ1) is 24.7.